The van der Waals surface area contributed by atoms with Gasteiger partial charge in [-0.25, -0.2) is 0 Å². The van der Waals surface area contributed by atoms with Gasteiger partial charge in [-0.1, -0.05) is 78.1 Å². The maximum absolute atomic E-state index is 2.58. The van der Waals surface area contributed by atoms with Crippen molar-refractivity contribution in [2.45, 2.75) is 84.5 Å². The Hall–Kier alpha value is 0. The first kappa shape index (κ1) is 13.4. The first-order valence-corrected chi connectivity index (χ1v) is 8.27. The lowest BCUT2D eigenvalue weighted by molar-refractivity contribution is 0.205. The van der Waals surface area contributed by atoms with E-state index in [9.17, 15) is 0 Å². The van der Waals surface area contributed by atoms with Crippen molar-refractivity contribution in [3.05, 3.63) is 0 Å². The lowest BCUT2D eigenvalue weighted by Gasteiger charge is -2.30. The zero-order valence-electron chi connectivity index (χ0n) is 12.1. The summed E-state index contributed by atoms with van der Waals surface area (Å²) in [7, 11) is 0. The Labute approximate surface area is 109 Å². The average Bonchev–Trinajstić information content (AvgIpc) is 2.70. The molecule has 0 aromatic carbocycles. The molecule has 0 N–H and O–H groups in total. The molecule has 3 unspecified atom stereocenters. The molecule has 0 bridgehead atoms. The molecule has 0 aromatic rings. The second-order valence-electron chi connectivity index (χ2n) is 6.98. The van der Waals surface area contributed by atoms with Crippen LogP contribution >= 0.6 is 0 Å². The van der Waals surface area contributed by atoms with E-state index < -0.39 is 0 Å². The molecule has 0 heterocycles. The van der Waals surface area contributed by atoms with Gasteiger partial charge in [0.05, 0.1) is 0 Å². The maximum atomic E-state index is 2.58. The van der Waals surface area contributed by atoms with E-state index in [1.165, 1.54) is 70.6 Å². The van der Waals surface area contributed by atoms with Gasteiger partial charge in [-0.3, -0.25) is 0 Å². The van der Waals surface area contributed by atoms with E-state index in [-0.39, 0.29) is 0 Å². The van der Waals surface area contributed by atoms with Gasteiger partial charge in [0.2, 0.25) is 0 Å². The molecule has 0 amide bonds. The molecule has 100 valence electrons. The maximum Gasteiger partial charge on any atom is -0.0386 e. The SMILES string of the molecule is CC1CCCC(C(C)C2CCCCCC2)CC1. The van der Waals surface area contributed by atoms with Crippen molar-refractivity contribution in [1.82, 2.24) is 0 Å². The minimum absolute atomic E-state index is 1.00. The third kappa shape index (κ3) is 4.00. The molecule has 0 nitrogen and oxygen atoms in total. The fourth-order valence-electron chi connectivity index (χ4n) is 4.26. The highest BCUT2D eigenvalue weighted by molar-refractivity contribution is 4.78. The molecule has 0 spiro atoms. The predicted molar refractivity (Wildman–Crippen MR) is 76.1 cm³/mol. The molecule has 2 aliphatic carbocycles. The van der Waals surface area contributed by atoms with Gasteiger partial charge in [0.1, 0.15) is 0 Å². The van der Waals surface area contributed by atoms with E-state index in [0.29, 0.717) is 0 Å². The largest absolute Gasteiger partial charge is 0.0625 e. The quantitative estimate of drug-likeness (QED) is 0.531. The molecule has 2 saturated carbocycles. The third-order valence-electron chi connectivity index (χ3n) is 5.69. The van der Waals surface area contributed by atoms with Crippen molar-refractivity contribution in [1.29, 1.82) is 0 Å². The van der Waals surface area contributed by atoms with Crippen LogP contribution in [0.1, 0.15) is 84.5 Å². The van der Waals surface area contributed by atoms with Crippen LogP contribution in [-0.2, 0) is 0 Å². The van der Waals surface area contributed by atoms with Crippen LogP contribution < -0.4 is 0 Å². The molecule has 0 saturated heterocycles. The van der Waals surface area contributed by atoms with E-state index in [0.717, 1.165) is 23.7 Å². The van der Waals surface area contributed by atoms with E-state index in [1.807, 2.05) is 0 Å². The smallest absolute Gasteiger partial charge is 0.0386 e. The summed E-state index contributed by atoms with van der Waals surface area (Å²) < 4.78 is 0. The van der Waals surface area contributed by atoms with Crippen LogP contribution in [-0.4, -0.2) is 0 Å². The molecular weight excluding hydrogens is 204 g/mol. The van der Waals surface area contributed by atoms with Crippen molar-refractivity contribution in [3.63, 3.8) is 0 Å². The van der Waals surface area contributed by atoms with Gasteiger partial charge in [0.25, 0.3) is 0 Å². The summed E-state index contributed by atoms with van der Waals surface area (Å²) in [6.07, 6.45) is 16.7. The Morgan fingerprint density at radius 1 is 0.647 bits per heavy atom. The van der Waals surface area contributed by atoms with Crippen molar-refractivity contribution in [3.8, 4) is 0 Å². The topological polar surface area (TPSA) is 0 Å². The van der Waals surface area contributed by atoms with E-state index in [4.69, 9.17) is 0 Å². The fourth-order valence-corrected chi connectivity index (χ4v) is 4.26. The van der Waals surface area contributed by atoms with Gasteiger partial charge < -0.3 is 0 Å². The Morgan fingerprint density at radius 3 is 1.94 bits per heavy atom. The van der Waals surface area contributed by atoms with Gasteiger partial charge in [0.15, 0.2) is 0 Å². The number of hydrogen-bond donors (Lipinski definition) is 0. The highest BCUT2D eigenvalue weighted by atomic mass is 14.3. The highest BCUT2D eigenvalue weighted by Gasteiger charge is 2.27. The average molecular weight is 236 g/mol. The van der Waals surface area contributed by atoms with Gasteiger partial charge in [-0.05, 0) is 30.1 Å². The summed E-state index contributed by atoms with van der Waals surface area (Å²) in [6.45, 7) is 5.04. The van der Waals surface area contributed by atoms with Gasteiger partial charge in [0, 0.05) is 0 Å². The molecule has 0 radical (unpaired) electrons. The van der Waals surface area contributed by atoms with E-state index in [1.54, 1.807) is 0 Å². The summed E-state index contributed by atoms with van der Waals surface area (Å²) in [5, 5.41) is 0. The Bertz CT molecular complexity index is 200. The summed E-state index contributed by atoms with van der Waals surface area (Å²) in [5.41, 5.74) is 0. The van der Waals surface area contributed by atoms with Crippen molar-refractivity contribution < 1.29 is 0 Å². The third-order valence-corrected chi connectivity index (χ3v) is 5.69. The van der Waals surface area contributed by atoms with Gasteiger partial charge in [-0.15, -0.1) is 0 Å². The Kier molecular flexibility index (Phi) is 5.38. The predicted octanol–water partition coefficient (Wildman–Crippen LogP) is 5.81. The molecule has 0 aliphatic heterocycles. The summed E-state index contributed by atoms with van der Waals surface area (Å²) >= 11 is 0. The first-order chi connectivity index (χ1) is 8.27. The van der Waals surface area contributed by atoms with Gasteiger partial charge in [-0.2, -0.15) is 0 Å². The standard InChI is InChI=1S/C17H32/c1-14-8-7-11-17(13-12-14)15(2)16-9-5-3-4-6-10-16/h14-17H,3-13H2,1-2H3. The summed E-state index contributed by atoms with van der Waals surface area (Å²) in [5.74, 6) is 4.14. The Morgan fingerprint density at radius 2 is 1.24 bits per heavy atom. The van der Waals surface area contributed by atoms with Crippen LogP contribution in [0.2, 0.25) is 0 Å². The number of hydrogen-bond acceptors (Lipinski definition) is 0. The lowest BCUT2D eigenvalue weighted by atomic mass is 9.76. The molecule has 2 rings (SSSR count). The van der Waals surface area contributed by atoms with Crippen LogP contribution in [0.25, 0.3) is 0 Å². The minimum atomic E-state index is 1.00. The zero-order valence-corrected chi connectivity index (χ0v) is 12.1. The highest BCUT2D eigenvalue weighted by Crippen LogP contribution is 2.39. The van der Waals surface area contributed by atoms with E-state index >= 15 is 0 Å². The minimum Gasteiger partial charge on any atom is -0.0625 e. The molecule has 0 heteroatoms. The van der Waals surface area contributed by atoms with Crippen LogP contribution in [0.15, 0.2) is 0 Å². The summed E-state index contributed by atoms with van der Waals surface area (Å²) in [4.78, 5) is 0. The monoisotopic (exact) mass is 236 g/mol. The lowest BCUT2D eigenvalue weighted by Crippen LogP contribution is -2.20. The molecule has 2 aliphatic rings. The van der Waals surface area contributed by atoms with Crippen LogP contribution in [0.5, 0.6) is 0 Å². The molecule has 3 atom stereocenters. The van der Waals surface area contributed by atoms with E-state index in [2.05, 4.69) is 13.8 Å². The van der Waals surface area contributed by atoms with Crippen LogP contribution in [0.3, 0.4) is 0 Å². The van der Waals surface area contributed by atoms with Crippen LogP contribution in [0, 0.1) is 23.7 Å². The molecule has 2 fully saturated rings. The van der Waals surface area contributed by atoms with Crippen molar-refractivity contribution in [2.75, 3.05) is 0 Å². The van der Waals surface area contributed by atoms with Crippen molar-refractivity contribution in [2.24, 2.45) is 23.7 Å². The summed E-state index contributed by atoms with van der Waals surface area (Å²) in [6, 6.07) is 0. The number of rotatable bonds is 2. The first-order valence-electron chi connectivity index (χ1n) is 8.27. The molecule has 17 heavy (non-hydrogen) atoms. The second-order valence-corrected chi connectivity index (χ2v) is 6.98. The zero-order chi connectivity index (χ0) is 12.1. The van der Waals surface area contributed by atoms with Crippen molar-refractivity contribution >= 4 is 0 Å². The fraction of sp³-hybridized carbons (Fsp3) is 1.00. The molecular formula is C17H32. The normalized spacial score (nSPS) is 34.9. The van der Waals surface area contributed by atoms with Crippen LogP contribution in [0.4, 0.5) is 0 Å². The second kappa shape index (κ2) is 6.81. The van der Waals surface area contributed by atoms with Gasteiger partial charge >= 0.3 is 0 Å². The Balaban J connectivity index is 1.86. The molecule has 0 aromatic heterocycles.